The number of hydrogen-bond donors (Lipinski definition) is 0. The Morgan fingerprint density at radius 2 is 1.76 bits per heavy atom. The molecule has 240 valence electrons. The predicted molar refractivity (Wildman–Crippen MR) is 159 cm³/mol. The van der Waals surface area contributed by atoms with Crippen LogP contribution in [0.1, 0.15) is 55.0 Å². The first-order valence-corrected chi connectivity index (χ1v) is 15.2. The quantitative estimate of drug-likeness (QED) is 0.297. The monoisotopic (exact) mass is 628 g/mol. The second kappa shape index (κ2) is 11.9. The van der Waals surface area contributed by atoms with E-state index in [9.17, 15) is 27.2 Å². The minimum absolute atomic E-state index is 0.0307. The van der Waals surface area contributed by atoms with Gasteiger partial charge in [-0.15, -0.1) is 0 Å². The smallest absolute Gasteiger partial charge is 0.416 e. The van der Waals surface area contributed by atoms with Gasteiger partial charge in [0, 0.05) is 44.0 Å². The number of carbonyl (C=O) groups excluding carboxylic acids is 2. The number of benzene rings is 2. The van der Waals surface area contributed by atoms with Crippen molar-refractivity contribution in [3.8, 4) is 0 Å². The number of rotatable bonds is 6. The SMILES string of the molecule is Cc1cccc(F)c1N1CCC(N2Cc3cn(C4CN(C(=O)OC(C)C)C4)nc3N(Cc3ccccc3C(F)(F)F)C2=O)CC1. The highest BCUT2D eigenvalue weighted by molar-refractivity contribution is 5.94. The van der Waals surface area contributed by atoms with Gasteiger partial charge in [0.25, 0.3) is 0 Å². The third kappa shape index (κ3) is 6.04. The van der Waals surface area contributed by atoms with E-state index < -0.39 is 23.9 Å². The average Bonchev–Trinajstić information content (AvgIpc) is 3.36. The second-order valence-electron chi connectivity index (χ2n) is 12.2. The first kappa shape index (κ1) is 30.7. The largest absolute Gasteiger partial charge is 0.447 e. The number of aryl methyl sites for hydroxylation is 1. The van der Waals surface area contributed by atoms with Crippen LogP contribution < -0.4 is 9.80 Å². The zero-order chi connectivity index (χ0) is 32.0. The van der Waals surface area contributed by atoms with Crippen LogP contribution in [0.4, 0.5) is 38.7 Å². The van der Waals surface area contributed by atoms with Crippen molar-refractivity contribution in [2.45, 2.75) is 71.1 Å². The molecule has 3 aliphatic rings. The van der Waals surface area contributed by atoms with Gasteiger partial charge in [0.05, 0.1) is 36.5 Å². The van der Waals surface area contributed by atoms with Crippen LogP contribution in [0, 0.1) is 12.7 Å². The first-order valence-electron chi connectivity index (χ1n) is 15.2. The van der Waals surface area contributed by atoms with Gasteiger partial charge in [0.1, 0.15) is 5.82 Å². The van der Waals surface area contributed by atoms with Crippen LogP contribution in [-0.4, -0.2) is 70.0 Å². The molecule has 2 fully saturated rings. The fourth-order valence-electron chi connectivity index (χ4n) is 6.45. The number of alkyl halides is 3. The predicted octanol–water partition coefficient (Wildman–Crippen LogP) is 6.36. The lowest BCUT2D eigenvalue weighted by molar-refractivity contribution is -0.138. The van der Waals surface area contributed by atoms with Crippen LogP contribution in [0.2, 0.25) is 0 Å². The summed E-state index contributed by atoms with van der Waals surface area (Å²) in [5.41, 5.74) is 1.28. The molecule has 0 unspecified atom stereocenters. The third-order valence-electron chi connectivity index (χ3n) is 8.75. The van der Waals surface area contributed by atoms with E-state index in [2.05, 4.69) is 5.10 Å². The van der Waals surface area contributed by atoms with E-state index in [0.717, 1.165) is 17.2 Å². The van der Waals surface area contributed by atoms with Gasteiger partial charge in [-0.25, -0.2) is 14.0 Å². The van der Waals surface area contributed by atoms with Crippen molar-refractivity contribution in [3.05, 3.63) is 76.7 Å². The number of likely N-dealkylation sites (tertiary alicyclic amines) is 1. The van der Waals surface area contributed by atoms with Crippen LogP contribution in [0.15, 0.2) is 48.7 Å². The van der Waals surface area contributed by atoms with E-state index in [-0.39, 0.29) is 42.7 Å². The molecular weight excluding hydrogens is 592 g/mol. The Bertz CT molecular complexity index is 1560. The molecule has 3 aromatic rings. The summed E-state index contributed by atoms with van der Waals surface area (Å²) in [4.78, 5) is 33.0. The molecule has 3 amide bonds. The number of amides is 3. The van der Waals surface area contributed by atoms with Crippen molar-refractivity contribution in [1.82, 2.24) is 19.6 Å². The van der Waals surface area contributed by atoms with Gasteiger partial charge < -0.3 is 19.4 Å². The topological polar surface area (TPSA) is 74.2 Å². The standard InChI is InChI=1S/C32H36F4N6O3/c1-20(2)45-31(44)39-18-25(19-39)42-17-23-16-40(24-11-13-38(14-12-24)28-21(3)7-6-10-27(28)33)30(43)41(29(23)37-42)15-22-8-4-5-9-26(22)32(34,35)36/h4-10,17,20,24-25H,11-16,18-19H2,1-3H3. The number of nitrogens with zero attached hydrogens (tertiary/aromatic N) is 6. The summed E-state index contributed by atoms with van der Waals surface area (Å²) >= 11 is 0. The van der Waals surface area contributed by atoms with Gasteiger partial charge in [-0.1, -0.05) is 30.3 Å². The summed E-state index contributed by atoms with van der Waals surface area (Å²) in [5.74, 6) is 0.0249. The molecule has 2 saturated heterocycles. The van der Waals surface area contributed by atoms with Crippen molar-refractivity contribution in [2.24, 2.45) is 0 Å². The number of anilines is 2. The van der Waals surface area contributed by atoms with Crippen LogP contribution in [0.3, 0.4) is 0 Å². The maximum atomic E-state index is 14.7. The summed E-state index contributed by atoms with van der Waals surface area (Å²) < 4.78 is 63.5. The third-order valence-corrected chi connectivity index (χ3v) is 8.75. The molecule has 4 heterocycles. The zero-order valence-electron chi connectivity index (χ0n) is 25.4. The normalized spacial score (nSPS) is 18.0. The Labute approximate surface area is 258 Å². The highest BCUT2D eigenvalue weighted by atomic mass is 19.4. The Kier molecular flexibility index (Phi) is 8.13. The lowest BCUT2D eigenvalue weighted by Gasteiger charge is -2.43. The number of aromatic nitrogens is 2. The molecule has 3 aliphatic heterocycles. The van der Waals surface area contributed by atoms with Gasteiger partial charge in [0.15, 0.2) is 5.82 Å². The number of carbonyl (C=O) groups is 2. The Hall–Kier alpha value is -4.29. The van der Waals surface area contributed by atoms with E-state index >= 15 is 0 Å². The van der Waals surface area contributed by atoms with E-state index in [1.165, 1.54) is 29.2 Å². The zero-order valence-corrected chi connectivity index (χ0v) is 25.4. The van der Waals surface area contributed by atoms with Gasteiger partial charge >= 0.3 is 18.3 Å². The highest BCUT2D eigenvalue weighted by Gasteiger charge is 2.42. The highest BCUT2D eigenvalue weighted by Crippen LogP contribution is 2.38. The van der Waals surface area contributed by atoms with E-state index in [1.54, 1.807) is 34.4 Å². The van der Waals surface area contributed by atoms with Crippen molar-refractivity contribution in [2.75, 3.05) is 36.0 Å². The number of ether oxygens (including phenoxy) is 1. The summed E-state index contributed by atoms with van der Waals surface area (Å²) in [6, 6.07) is 9.46. The number of urea groups is 1. The summed E-state index contributed by atoms with van der Waals surface area (Å²) in [7, 11) is 0. The van der Waals surface area contributed by atoms with Crippen molar-refractivity contribution in [1.29, 1.82) is 0 Å². The van der Waals surface area contributed by atoms with Gasteiger partial charge in [0.2, 0.25) is 0 Å². The van der Waals surface area contributed by atoms with Crippen molar-refractivity contribution in [3.63, 3.8) is 0 Å². The maximum Gasteiger partial charge on any atom is 0.416 e. The molecule has 13 heteroatoms. The number of para-hydroxylation sites is 1. The summed E-state index contributed by atoms with van der Waals surface area (Å²) in [6.45, 7) is 7.16. The molecule has 6 rings (SSSR count). The first-order chi connectivity index (χ1) is 21.4. The molecule has 2 aromatic carbocycles. The van der Waals surface area contributed by atoms with E-state index in [1.807, 2.05) is 24.1 Å². The molecule has 0 radical (unpaired) electrons. The number of fused-ring (bicyclic) bond motifs is 1. The maximum absolute atomic E-state index is 14.7. The van der Waals surface area contributed by atoms with Crippen LogP contribution in [0.5, 0.6) is 0 Å². The molecule has 45 heavy (non-hydrogen) atoms. The molecule has 0 spiro atoms. The molecule has 0 N–H and O–H groups in total. The molecule has 9 nitrogen and oxygen atoms in total. The molecular formula is C32H36F4N6O3. The molecule has 0 aliphatic carbocycles. The van der Waals surface area contributed by atoms with Gasteiger partial charge in [-0.3, -0.25) is 9.58 Å². The van der Waals surface area contributed by atoms with Crippen LogP contribution in [0.25, 0.3) is 0 Å². The Balaban J connectivity index is 1.26. The minimum Gasteiger partial charge on any atom is -0.447 e. The van der Waals surface area contributed by atoms with E-state index in [0.29, 0.717) is 50.5 Å². The number of hydrogen-bond acceptors (Lipinski definition) is 5. The summed E-state index contributed by atoms with van der Waals surface area (Å²) in [6.07, 6.45) is -2.28. The summed E-state index contributed by atoms with van der Waals surface area (Å²) in [5, 5.41) is 4.68. The van der Waals surface area contributed by atoms with Crippen molar-refractivity contribution < 1.29 is 31.9 Å². The Morgan fingerprint density at radius 1 is 1.04 bits per heavy atom. The van der Waals surface area contributed by atoms with Crippen LogP contribution >= 0.6 is 0 Å². The second-order valence-corrected chi connectivity index (χ2v) is 12.2. The van der Waals surface area contributed by atoms with Gasteiger partial charge in [-0.05, 0) is 56.9 Å². The number of piperidine rings is 1. The van der Waals surface area contributed by atoms with Gasteiger partial charge in [-0.2, -0.15) is 18.3 Å². The van der Waals surface area contributed by atoms with E-state index in [4.69, 9.17) is 4.74 Å². The van der Waals surface area contributed by atoms with Crippen molar-refractivity contribution >= 4 is 23.6 Å². The lowest BCUT2D eigenvalue weighted by Crippen LogP contribution is -2.54. The average molecular weight is 629 g/mol. The Morgan fingerprint density at radius 3 is 2.42 bits per heavy atom. The fraction of sp³-hybridized carbons (Fsp3) is 0.469. The van der Waals surface area contributed by atoms with Crippen LogP contribution in [-0.2, 0) is 24.0 Å². The fourth-order valence-corrected chi connectivity index (χ4v) is 6.45. The molecule has 1 aromatic heterocycles. The molecule has 0 bridgehead atoms. The molecule has 0 atom stereocenters. The molecule has 0 saturated carbocycles. The number of halogens is 4. The minimum atomic E-state index is -4.59. The lowest BCUT2D eigenvalue weighted by atomic mass is 10.00.